The Morgan fingerprint density at radius 2 is 1.42 bits per heavy atom. The minimum absolute atomic E-state index is 0.380. The fourth-order valence-electron chi connectivity index (χ4n) is 3.10. The minimum Gasteiger partial charge on any atom is -0.414 e. The van der Waals surface area contributed by atoms with Crippen LogP contribution in [0.1, 0.15) is 52.9 Å². The third-order valence-electron chi connectivity index (χ3n) is 3.80. The summed E-state index contributed by atoms with van der Waals surface area (Å²) in [6.07, 6.45) is 6.26. The van der Waals surface area contributed by atoms with E-state index in [0.717, 1.165) is 25.9 Å². The molecule has 1 aliphatic heterocycles. The SMILES string of the molecule is CCC[Si](CCC)(CCC)OC1CCN=C=NCC1. The molecule has 0 saturated carbocycles. The predicted molar refractivity (Wildman–Crippen MR) is 84.8 cm³/mol. The molecule has 0 aromatic heterocycles. The van der Waals surface area contributed by atoms with Crippen molar-refractivity contribution >= 4 is 14.3 Å². The molecule has 3 nitrogen and oxygen atoms in total. The lowest BCUT2D eigenvalue weighted by atomic mass is 10.2. The molecule has 0 unspecified atom stereocenters. The largest absolute Gasteiger partial charge is 0.414 e. The van der Waals surface area contributed by atoms with Crippen molar-refractivity contribution in [1.29, 1.82) is 0 Å². The van der Waals surface area contributed by atoms with Gasteiger partial charge in [-0.25, -0.2) is 9.98 Å². The van der Waals surface area contributed by atoms with E-state index >= 15 is 0 Å². The zero-order valence-electron chi connectivity index (χ0n) is 13.0. The van der Waals surface area contributed by atoms with E-state index in [4.69, 9.17) is 4.43 Å². The monoisotopic (exact) mass is 282 g/mol. The first-order valence-corrected chi connectivity index (χ1v) is 10.5. The van der Waals surface area contributed by atoms with Crippen molar-refractivity contribution in [3.05, 3.63) is 0 Å². The third-order valence-corrected chi connectivity index (χ3v) is 8.87. The summed E-state index contributed by atoms with van der Waals surface area (Å²) in [5, 5.41) is 0. The Kier molecular flexibility index (Phi) is 8.27. The van der Waals surface area contributed by atoms with Crippen molar-refractivity contribution in [2.24, 2.45) is 9.98 Å². The van der Waals surface area contributed by atoms with Gasteiger partial charge in [0.1, 0.15) is 0 Å². The molecule has 0 fully saturated rings. The number of aliphatic imine (C=N–C) groups is 2. The van der Waals surface area contributed by atoms with E-state index in [-0.39, 0.29) is 0 Å². The molecule has 0 amide bonds. The second-order valence-corrected chi connectivity index (χ2v) is 9.72. The number of hydrogen-bond donors (Lipinski definition) is 0. The van der Waals surface area contributed by atoms with Crippen LogP contribution in [0.5, 0.6) is 0 Å². The number of hydrogen-bond acceptors (Lipinski definition) is 3. The topological polar surface area (TPSA) is 34.0 Å². The quantitative estimate of drug-likeness (QED) is 0.603. The van der Waals surface area contributed by atoms with Gasteiger partial charge in [0.05, 0.1) is 19.1 Å². The second-order valence-electron chi connectivity index (χ2n) is 5.61. The molecule has 0 aromatic carbocycles. The molecule has 0 bridgehead atoms. The van der Waals surface area contributed by atoms with Gasteiger partial charge in [-0.1, -0.05) is 40.0 Å². The van der Waals surface area contributed by atoms with Gasteiger partial charge in [0.2, 0.25) is 0 Å². The van der Waals surface area contributed by atoms with Gasteiger partial charge in [0.15, 0.2) is 8.32 Å². The van der Waals surface area contributed by atoms with E-state index in [2.05, 4.69) is 36.8 Å². The van der Waals surface area contributed by atoms with Crippen LogP contribution < -0.4 is 0 Å². The Morgan fingerprint density at radius 3 is 1.84 bits per heavy atom. The van der Waals surface area contributed by atoms with Gasteiger partial charge in [0, 0.05) is 6.10 Å². The summed E-state index contributed by atoms with van der Waals surface area (Å²) in [6, 6.07) is 6.70. The van der Waals surface area contributed by atoms with Crippen LogP contribution in [0, 0.1) is 0 Å². The Morgan fingerprint density at radius 1 is 0.947 bits per heavy atom. The normalized spacial score (nSPS) is 20.3. The molecule has 0 spiro atoms. The van der Waals surface area contributed by atoms with Gasteiger partial charge < -0.3 is 4.43 Å². The van der Waals surface area contributed by atoms with Gasteiger partial charge in [0.25, 0.3) is 0 Å². The highest BCUT2D eigenvalue weighted by Crippen LogP contribution is 2.30. The molecule has 110 valence electrons. The van der Waals surface area contributed by atoms with E-state index < -0.39 is 8.32 Å². The highest BCUT2D eigenvalue weighted by molar-refractivity contribution is 6.73. The van der Waals surface area contributed by atoms with Gasteiger partial charge >= 0.3 is 0 Å². The third kappa shape index (κ3) is 6.02. The van der Waals surface area contributed by atoms with E-state index in [9.17, 15) is 0 Å². The minimum atomic E-state index is -1.53. The van der Waals surface area contributed by atoms with Crippen molar-refractivity contribution < 1.29 is 4.43 Å². The van der Waals surface area contributed by atoms with Crippen molar-refractivity contribution in [3.63, 3.8) is 0 Å². The zero-order chi connectivity index (χ0) is 14.0. The van der Waals surface area contributed by atoms with Crippen LogP contribution in [0.3, 0.4) is 0 Å². The van der Waals surface area contributed by atoms with Crippen molar-refractivity contribution in [1.82, 2.24) is 0 Å². The summed E-state index contributed by atoms with van der Waals surface area (Å²) < 4.78 is 6.73. The van der Waals surface area contributed by atoms with Crippen LogP contribution in [-0.2, 0) is 4.43 Å². The molecule has 0 N–H and O–H groups in total. The van der Waals surface area contributed by atoms with Crippen LogP contribution >= 0.6 is 0 Å². The van der Waals surface area contributed by atoms with Crippen LogP contribution in [0.25, 0.3) is 0 Å². The lowest BCUT2D eigenvalue weighted by Crippen LogP contribution is -2.42. The summed E-state index contributed by atoms with van der Waals surface area (Å²) in [4.78, 5) is 8.34. The average molecular weight is 283 g/mol. The summed E-state index contributed by atoms with van der Waals surface area (Å²) in [6.45, 7) is 8.53. The van der Waals surface area contributed by atoms with Crippen molar-refractivity contribution in [2.75, 3.05) is 13.1 Å². The fourth-order valence-corrected chi connectivity index (χ4v) is 7.88. The van der Waals surface area contributed by atoms with E-state index in [0.29, 0.717) is 6.10 Å². The summed E-state index contributed by atoms with van der Waals surface area (Å²) >= 11 is 0. The molecular weight excluding hydrogens is 252 g/mol. The number of rotatable bonds is 8. The second kappa shape index (κ2) is 9.46. The molecule has 0 aromatic rings. The molecule has 1 heterocycles. The molecule has 1 aliphatic rings. The van der Waals surface area contributed by atoms with Gasteiger partial charge in [-0.3, -0.25) is 0 Å². The first kappa shape index (κ1) is 16.6. The Labute approximate surface area is 119 Å². The van der Waals surface area contributed by atoms with E-state index in [1.807, 2.05) is 0 Å². The van der Waals surface area contributed by atoms with E-state index in [1.165, 1.54) is 37.4 Å². The Balaban J connectivity index is 2.65. The fraction of sp³-hybridized carbons (Fsp3) is 0.933. The van der Waals surface area contributed by atoms with Gasteiger partial charge in [-0.05, 0) is 31.0 Å². The summed E-state index contributed by atoms with van der Waals surface area (Å²) in [7, 11) is -1.53. The first-order valence-electron chi connectivity index (χ1n) is 8.02. The standard InChI is InChI=1S/C15H30N2OSi/c1-4-11-19(12-5-2,13-6-3)18-15-7-9-16-14-17-10-8-15/h15H,4-13H2,1-3H3. The molecule has 0 radical (unpaired) electrons. The van der Waals surface area contributed by atoms with Crippen LogP contribution in [0.2, 0.25) is 18.1 Å². The van der Waals surface area contributed by atoms with E-state index in [1.54, 1.807) is 0 Å². The smallest absolute Gasteiger partial charge is 0.193 e. The van der Waals surface area contributed by atoms with Crippen molar-refractivity contribution in [2.45, 2.75) is 77.1 Å². The molecule has 1 rings (SSSR count). The highest BCUT2D eigenvalue weighted by atomic mass is 28.4. The highest BCUT2D eigenvalue weighted by Gasteiger charge is 2.34. The lowest BCUT2D eigenvalue weighted by molar-refractivity contribution is 0.169. The molecule has 4 heteroatoms. The maximum absolute atomic E-state index is 6.73. The maximum Gasteiger partial charge on any atom is 0.193 e. The molecule has 0 atom stereocenters. The summed E-state index contributed by atoms with van der Waals surface area (Å²) in [5.74, 6) is 0. The molecular formula is C15H30N2OSi. The van der Waals surface area contributed by atoms with Crippen LogP contribution in [-0.4, -0.2) is 33.5 Å². The predicted octanol–water partition coefficient (Wildman–Crippen LogP) is 4.51. The molecule has 0 saturated heterocycles. The summed E-state index contributed by atoms with van der Waals surface area (Å²) in [5.41, 5.74) is 0. The number of nitrogens with zero attached hydrogens (tertiary/aromatic N) is 2. The Hall–Kier alpha value is -0.443. The van der Waals surface area contributed by atoms with Crippen LogP contribution in [0.15, 0.2) is 9.98 Å². The van der Waals surface area contributed by atoms with Gasteiger partial charge in [-0.2, -0.15) is 0 Å². The van der Waals surface area contributed by atoms with Crippen molar-refractivity contribution in [3.8, 4) is 0 Å². The molecule has 0 aliphatic carbocycles. The zero-order valence-corrected chi connectivity index (χ0v) is 14.0. The average Bonchev–Trinajstić information content (AvgIpc) is 2.33. The maximum atomic E-state index is 6.73. The lowest BCUT2D eigenvalue weighted by Gasteiger charge is -2.35. The molecule has 19 heavy (non-hydrogen) atoms. The van der Waals surface area contributed by atoms with Gasteiger partial charge in [-0.15, -0.1) is 0 Å². The van der Waals surface area contributed by atoms with Crippen LogP contribution in [0.4, 0.5) is 0 Å². The Bertz CT molecular complexity index is 272. The first-order chi connectivity index (χ1) is 9.26.